The molecule has 3 nitrogen and oxygen atoms in total. The minimum absolute atomic E-state index is 0.450. The quantitative estimate of drug-likeness (QED) is 0.573. The summed E-state index contributed by atoms with van der Waals surface area (Å²) in [6.45, 7) is 12.3. The molecular formula is C13H25N3. The van der Waals surface area contributed by atoms with Gasteiger partial charge in [0.15, 0.2) is 5.96 Å². The molecule has 92 valence electrons. The Bertz CT molecular complexity index is 283. The monoisotopic (exact) mass is 223 g/mol. The van der Waals surface area contributed by atoms with Crippen molar-refractivity contribution in [2.24, 2.45) is 16.3 Å². The summed E-state index contributed by atoms with van der Waals surface area (Å²) in [6.07, 6.45) is 2.58. The maximum Gasteiger partial charge on any atom is 0.194 e. The second-order valence-electron chi connectivity index (χ2n) is 6.10. The largest absolute Gasteiger partial charge is 0.353 e. The van der Waals surface area contributed by atoms with Gasteiger partial charge in [0.2, 0.25) is 0 Å². The Hall–Kier alpha value is -0.730. The third-order valence-electron chi connectivity index (χ3n) is 3.71. The Labute approximate surface area is 99.3 Å². The van der Waals surface area contributed by atoms with E-state index in [1.807, 2.05) is 0 Å². The van der Waals surface area contributed by atoms with E-state index in [1.54, 1.807) is 0 Å². The molecule has 1 saturated carbocycles. The van der Waals surface area contributed by atoms with Gasteiger partial charge >= 0.3 is 0 Å². The van der Waals surface area contributed by atoms with Crippen LogP contribution in [0, 0.1) is 11.3 Å². The maximum atomic E-state index is 4.62. The van der Waals surface area contributed by atoms with Gasteiger partial charge in [0.1, 0.15) is 0 Å². The lowest BCUT2D eigenvalue weighted by atomic mass is 9.93. The van der Waals surface area contributed by atoms with Crippen molar-refractivity contribution in [3.8, 4) is 0 Å². The molecule has 0 radical (unpaired) electrons. The molecule has 2 atom stereocenters. The van der Waals surface area contributed by atoms with Crippen molar-refractivity contribution in [3.63, 3.8) is 0 Å². The summed E-state index contributed by atoms with van der Waals surface area (Å²) in [5, 5.41) is 3.60. The van der Waals surface area contributed by atoms with Gasteiger partial charge in [-0.2, -0.15) is 0 Å². The molecule has 2 unspecified atom stereocenters. The lowest BCUT2D eigenvalue weighted by molar-refractivity contribution is 0.369. The Morgan fingerprint density at radius 2 is 2.19 bits per heavy atom. The average Bonchev–Trinajstić information content (AvgIpc) is 2.75. The van der Waals surface area contributed by atoms with Crippen LogP contribution >= 0.6 is 0 Å². The van der Waals surface area contributed by atoms with Gasteiger partial charge < -0.3 is 10.2 Å². The van der Waals surface area contributed by atoms with Gasteiger partial charge in [-0.3, -0.25) is 4.99 Å². The van der Waals surface area contributed by atoms with Crippen molar-refractivity contribution in [3.05, 3.63) is 0 Å². The van der Waals surface area contributed by atoms with Crippen LogP contribution in [-0.2, 0) is 0 Å². The first kappa shape index (κ1) is 11.7. The molecule has 2 aliphatic rings. The van der Waals surface area contributed by atoms with E-state index in [4.69, 9.17) is 0 Å². The smallest absolute Gasteiger partial charge is 0.194 e. The molecule has 2 fully saturated rings. The van der Waals surface area contributed by atoms with E-state index in [-0.39, 0.29) is 0 Å². The van der Waals surface area contributed by atoms with Crippen LogP contribution in [0.5, 0.6) is 0 Å². The molecule has 1 aliphatic carbocycles. The number of hydrogen-bond donors (Lipinski definition) is 1. The molecular weight excluding hydrogens is 198 g/mol. The molecule has 0 bridgehead atoms. The highest BCUT2D eigenvalue weighted by atomic mass is 15.3. The van der Waals surface area contributed by atoms with Gasteiger partial charge in [0.25, 0.3) is 0 Å². The number of nitrogens with zero attached hydrogens (tertiary/aromatic N) is 2. The second kappa shape index (κ2) is 4.27. The van der Waals surface area contributed by atoms with Crippen LogP contribution in [0.15, 0.2) is 4.99 Å². The summed E-state index contributed by atoms with van der Waals surface area (Å²) in [5.41, 5.74) is 0.450. The zero-order valence-corrected chi connectivity index (χ0v) is 11.1. The highest BCUT2D eigenvalue weighted by Gasteiger charge is 2.36. The Balaban J connectivity index is 1.95. The number of nitrogens with one attached hydrogen (secondary N) is 1. The van der Waals surface area contributed by atoms with Gasteiger partial charge in [0, 0.05) is 25.7 Å². The van der Waals surface area contributed by atoms with Crippen molar-refractivity contribution in [1.82, 2.24) is 10.2 Å². The molecule has 0 amide bonds. The molecule has 1 N–H and O–H groups in total. The highest BCUT2D eigenvalue weighted by Crippen LogP contribution is 2.31. The van der Waals surface area contributed by atoms with E-state index in [2.05, 4.69) is 42.9 Å². The summed E-state index contributed by atoms with van der Waals surface area (Å²) < 4.78 is 0. The predicted octanol–water partition coefficient (Wildman–Crippen LogP) is 2.09. The van der Waals surface area contributed by atoms with Crippen molar-refractivity contribution >= 4 is 5.96 Å². The van der Waals surface area contributed by atoms with Crippen molar-refractivity contribution < 1.29 is 0 Å². The molecule has 0 aromatic carbocycles. The highest BCUT2D eigenvalue weighted by molar-refractivity contribution is 5.81. The maximum absolute atomic E-state index is 4.62. The molecule has 16 heavy (non-hydrogen) atoms. The normalized spacial score (nSPS) is 33.0. The minimum Gasteiger partial charge on any atom is -0.353 e. The van der Waals surface area contributed by atoms with E-state index >= 15 is 0 Å². The third kappa shape index (κ3) is 2.69. The van der Waals surface area contributed by atoms with E-state index in [9.17, 15) is 0 Å². The van der Waals surface area contributed by atoms with E-state index < -0.39 is 0 Å². The first-order valence-corrected chi connectivity index (χ1v) is 6.58. The molecule has 3 heteroatoms. The molecule has 0 aromatic heterocycles. The minimum atomic E-state index is 0.450. The standard InChI is InChI=1S/C13H25N3/c1-5-14-12(15-11-8-10(11)2)16-7-6-13(3,4)9-16/h10-11H,5-9H2,1-4H3,(H,14,15). The zero-order valence-electron chi connectivity index (χ0n) is 11.1. The molecule has 0 aromatic rings. The topological polar surface area (TPSA) is 27.6 Å². The fourth-order valence-corrected chi connectivity index (χ4v) is 2.37. The fourth-order valence-electron chi connectivity index (χ4n) is 2.37. The van der Waals surface area contributed by atoms with E-state index in [0.717, 1.165) is 31.5 Å². The third-order valence-corrected chi connectivity index (χ3v) is 3.71. The van der Waals surface area contributed by atoms with Crippen LogP contribution in [0.25, 0.3) is 0 Å². The lowest BCUT2D eigenvalue weighted by Gasteiger charge is -2.24. The van der Waals surface area contributed by atoms with E-state index in [1.165, 1.54) is 12.8 Å². The summed E-state index contributed by atoms with van der Waals surface area (Å²) in [7, 11) is 0. The van der Waals surface area contributed by atoms with Crippen LogP contribution in [0.4, 0.5) is 0 Å². The van der Waals surface area contributed by atoms with Crippen molar-refractivity contribution in [2.45, 2.75) is 46.6 Å². The van der Waals surface area contributed by atoms with Crippen LogP contribution in [-0.4, -0.2) is 36.5 Å². The zero-order chi connectivity index (χ0) is 11.8. The summed E-state index contributed by atoms with van der Waals surface area (Å²) >= 11 is 0. The van der Waals surface area contributed by atoms with Gasteiger partial charge in [-0.05, 0) is 31.1 Å². The van der Waals surface area contributed by atoms with Gasteiger partial charge in [-0.1, -0.05) is 20.8 Å². The summed E-state index contributed by atoms with van der Waals surface area (Å²) in [6, 6.07) is 0.675. The number of likely N-dealkylation sites (tertiary alicyclic amines) is 1. The Kier molecular flexibility index (Phi) is 3.13. The van der Waals surface area contributed by atoms with Crippen LogP contribution in [0.3, 0.4) is 0 Å². The predicted molar refractivity (Wildman–Crippen MR) is 68.7 cm³/mol. The van der Waals surface area contributed by atoms with E-state index in [0.29, 0.717) is 11.5 Å². The molecule has 0 spiro atoms. The lowest BCUT2D eigenvalue weighted by Crippen LogP contribution is -2.42. The molecule has 1 saturated heterocycles. The SMILES string of the molecule is CCN=C(NC1CC1C)N1CCC(C)(C)C1. The number of hydrogen-bond acceptors (Lipinski definition) is 1. The number of guanidine groups is 1. The first-order chi connectivity index (χ1) is 7.52. The first-order valence-electron chi connectivity index (χ1n) is 6.58. The van der Waals surface area contributed by atoms with Crippen molar-refractivity contribution in [1.29, 1.82) is 0 Å². The molecule has 1 aliphatic heterocycles. The Morgan fingerprint density at radius 1 is 1.50 bits per heavy atom. The van der Waals surface area contributed by atoms with Crippen LogP contribution in [0.2, 0.25) is 0 Å². The van der Waals surface area contributed by atoms with Gasteiger partial charge in [-0.25, -0.2) is 0 Å². The molecule has 1 heterocycles. The van der Waals surface area contributed by atoms with Crippen molar-refractivity contribution in [2.75, 3.05) is 19.6 Å². The number of rotatable bonds is 2. The van der Waals surface area contributed by atoms with Crippen LogP contribution in [0.1, 0.15) is 40.5 Å². The van der Waals surface area contributed by atoms with Crippen LogP contribution < -0.4 is 5.32 Å². The summed E-state index contributed by atoms with van der Waals surface area (Å²) in [5.74, 6) is 1.97. The average molecular weight is 223 g/mol. The fraction of sp³-hybridized carbons (Fsp3) is 0.923. The van der Waals surface area contributed by atoms with Gasteiger partial charge in [0.05, 0.1) is 0 Å². The second-order valence-corrected chi connectivity index (χ2v) is 6.10. The molecule has 2 rings (SSSR count). The summed E-state index contributed by atoms with van der Waals surface area (Å²) in [4.78, 5) is 7.04. The Morgan fingerprint density at radius 3 is 2.62 bits per heavy atom. The number of aliphatic imine (C=N–C) groups is 1. The van der Waals surface area contributed by atoms with Gasteiger partial charge in [-0.15, -0.1) is 0 Å².